The topological polar surface area (TPSA) is 61.5 Å². The molecule has 0 saturated carbocycles. The Bertz CT molecular complexity index is 1140. The Morgan fingerprint density at radius 1 is 1.15 bits per heavy atom. The summed E-state index contributed by atoms with van der Waals surface area (Å²) in [5, 5.41) is 9.64. The van der Waals surface area contributed by atoms with Gasteiger partial charge in [-0.05, 0) is 70.5 Å². The predicted octanol–water partition coefficient (Wildman–Crippen LogP) is 4.55. The van der Waals surface area contributed by atoms with Crippen molar-refractivity contribution in [2.24, 2.45) is 0 Å². The van der Waals surface area contributed by atoms with Gasteiger partial charge in [-0.15, -0.1) is 0 Å². The van der Waals surface area contributed by atoms with Crippen LogP contribution in [-0.2, 0) is 18.3 Å². The first kappa shape index (κ1) is 24.1. The van der Waals surface area contributed by atoms with Gasteiger partial charge in [0.25, 0.3) is 5.91 Å². The zero-order chi connectivity index (χ0) is 24.8. The summed E-state index contributed by atoms with van der Waals surface area (Å²) in [6.45, 7) is 7.18. The average molecular weight is 475 g/mol. The lowest BCUT2D eigenvalue weighted by Gasteiger charge is -2.50. The van der Waals surface area contributed by atoms with E-state index < -0.39 is 17.4 Å². The Balaban J connectivity index is 1.59. The van der Waals surface area contributed by atoms with E-state index in [0.29, 0.717) is 43.7 Å². The number of carbonyl (C=O) groups is 1. The summed E-state index contributed by atoms with van der Waals surface area (Å²) in [7, 11) is 1.89. The monoisotopic (exact) mass is 474 g/mol. The van der Waals surface area contributed by atoms with E-state index in [-0.39, 0.29) is 24.1 Å². The molecule has 1 fully saturated rings. The highest BCUT2D eigenvalue weighted by molar-refractivity contribution is 5.94. The summed E-state index contributed by atoms with van der Waals surface area (Å²) in [6, 6.07) is 8.31. The molecule has 1 saturated heterocycles. The lowest BCUT2D eigenvalue weighted by atomic mass is 9.80. The van der Waals surface area contributed by atoms with Crippen molar-refractivity contribution in [2.75, 3.05) is 26.7 Å². The predicted molar refractivity (Wildman–Crippen MR) is 121 cm³/mol. The number of ether oxygens (including phenoxy) is 1. The number of nitrogens with zero attached hydrogens (tertiary/aromatic N) is 4. The third-order valence-electron chi connectivity index (χ3n) is 7.00. The highest BCUT2D eigenvalue weighted by Crippen LogP contribution is 2.45. The van der Waals surface area contributed by atoms with Crippen LogP contribution in [0.5, 0.6) is 5.75 Å². The molecular weight excluding hydrogens is 445 g/mol. The zero-order valence-corrected chi connectivity index (χ0v) is 19.9. The maximum absolute atomic E-state index is 13.7. The number of halogens is 3. The van der Waals surface area contributed by atoms with Crippen LogP contribution in [0.3, 0.4) is 0 Å². The molecule has 0 bridgehead atoms. The summed E-state index contributed by atoms with van der Waals surface area (Å²) in [5.74, 6) is 0.623. The van der Waals surface area contributed by atoms with Crippen LogP contribution in [0.1, 0.15) is 59.6 Å². The second-order valence-electron chi connectivity index (χ2n) is 9.45. The third kappa shape index (κ3) is 4.05. The molecule has 0 atom stereocenters. The first-order chi connectivity index (χ1) is 16.0. The van der Waals surface area contributed by atoms with Crippen LogP contribution in [0.25, 0.3) is 0 Å². The van der Waals surface area contributed by atoms with Crippen LogP contribution in [-0.4, -0.2) is 53.1 Å². The van der Waals surface area contributed by atoms with E-state index >= 15 is 0 Å². The highest BCUT2D eigenvalue weighted by Gasteiger charge is 2.49. The van der Waals surface area contributed by atoms with E-state index in [1.807, 2.05) is 44.9 Å². The summed E-state index contributed by atoms with van der Waals surface area (Å²) in [5.41, 5.74) is 0.431. The van der Waals surface area contributed by atoms with Gasteiger partial charge >= 0.3 is 6.18 Å². The van der Waals surface area contributed by atoms with Gasteiger partial charge in [-0.25, -0.2) is 0 Å². The van der Waals surface area contributed by atoms with Gasteiger partial charge in [0.2, 0.25) is 0 Å². The molecule has 2 aliphatic heterocycles. The second kappa shape index (κ2) is 8.66. The van der Waals surface area contributed by atoms with Crippen LogP contribution in [0.4, 0.5) is 13.2 Å². The SMILES string of the molecule is Cc1cc(C(=O)N2CCC3(CC2)c2c(C#N)cc(C(F)(F)F)n2CCN3C)ccc1OC(C)C. The number of hydrogen-bond acceptors (Lipinski definition) is 4. The maximum Gasteiger partial charge on any atom is 0.431 e. The number of hydrogen-bond donors (Lipinski definition) is 0. The number of aromatic nitrogens is 1. The maximum atomic E-state index is 13.7. The number of piperidine rings is 1. The minimum atomic E-state index is -4.53. The van der Waals surface area contributed by atoms with Gasteiger partial charge in [-0.1, -0.05) is 0 Å². The minimum absolute atomic E-state index is 0.0288. The molecule has 34 heavy (non-hydrogen) atoms. The van der Waals surface area contributed by atoms with E-state index in [1.54, 1.807) is 17.0 Å². The number of benzene rings is 1. The number of fused-ring (bicyclic) bond motifs is 2. The first-order valence-corrected chi connectivity index (χ1v) is 11.5. The van der Waals surface area contributed by atoms with Crippen molar-refractivity contribution in [3.8, 4) is 11.8 Å². The van der Waals surface area contributed by atoms with Crippen molar-refractivity contribution in [1.82, 2.24) is 14.4 Å². The molecular formula is C25H29F3N4O2. The fraction of sp³-hybridized carbons (Fsp3) is 0.520. The molecule has 182 valence electrons. The minimum Gasteiger partial charge on any atom is -0.491 e. The van der Waals surface area contributed by atoms with E-state index in [1.165, 1.54) is 4.57 Å². The summed E-state index contributed by atoms with van der Waals surface area (Å²) in [6.07, 6.45) is -3.58. The smallest absolute Gasteiger partial charge is 0.431 e. The number of rotatable bonds is 3. The highest BCUT2D eigenvalue weighted by atomic mass is 19.4. The quantitative estimate of drug-likeness (QED) is 0.655. The van der Waals surface area contributed by atoms with Gasteiger partial charge in [0.1, 0.15) is 17.5 Å². The van der Waals surface area contributed by atoms with Crippen molar-refractivity contribution in [3.63, 3.8) is 0 Å². The lowest BCUT2D eigenvalue weighted by Crippen LogP contribution is -2.57. The Kier molecular flexibility index (Phi) is 6.15. The van der Waals surface area contributed by atoms with Crippen molar-refractivity contribution in [3.05, 3.63) is 52.3 Å². The first-order valence-electron chi connectivity index (χ1n) is 11.5. The molecule has 1 amide bonds. The number of alkyl halides is 3. The molecule has 4 rings (SSSR count). The molecule has 2 aliphatic rings. The Hall–Kier alpha value is -2.99. The zero-order valence-electron chi connectivity index (χ0n) is 19.9. The number of aryl methyl sites for hydroxylation is 1. The Morgan fingerprint density at radius 2 is 1.82 bits per heavy atom. The Morgan fingerprint density at radius 3 is 2.38 bits per heavy atom. The fourth-order valence-electron chi connectivity index (χ4n) is 5.30. The molecule has 2 aromatic rings. The summed E-state index contributed by atoms with van der Waals surface area (Å²) < 4.78 is 48.0. The largest absolute Gasteiger partial charge is 0.491 e. The molecule has 1 spiro atoms. The number of likely N-dealkylation sites (tertiary alicyclic amines) is 1. The molecule has 6 nitrogen and oxygen atoms in total. The van der Waals surface area contributed by atoms with Gasteiger partial charge < -0.3 is 14.2 Å². The van der Waals surface area contributed by atoms with Gasteiger partial charge in [0, 0.05) is 31.7 Å². The van der Waals surface area contributed by atoms with E-state index in [0.717, 1.165) is 17.4 Å². The third-order valence-corrected chi connectivity index (χ3v) is 7.00. The number of amides is 1. The van der Waals surface area contributed by atoms with E-state index in [9.17, 15) is 23.2 Å². The van der Waals surface area contributed by atoms with Crippen molar-refractivity contribution < 1.29 is 22.7 Å². The normalized spacial score (nSPS) is 18.1. The number of nitriles is 1. The Labute approximate surface area is 197 Å². The fourth-order valence-corrected chi connectivity index (χ4v) is 5.30. The molecule has 0 aliphatic carbocycles. The molecule has 1 aromatic heterocycles. The number of carbonyl (C=O) groups excluding carboxylic acids is 1. The molecule has 1 aromatic carbocycles. The van der Waals surface area contributed by atoms with Crippen LogP contribution >= 0.6 is 0 Å². The van der Waals surface area contributed by atoms with Crippen LogP contribution in [0.2, 0.25) is 0 Å². The summed E-state index contributed by atoms with van der Waals surface area (Å²) in [4.78, 5) is 17.0. The molecule has 9 heteroatoms. The standard InChI is InChI=1S/C25H29F3N4O2/c1-16(2)34-20-6-5-18(13-17(20)3)23(33)31-9-7-24(8-10-31)22-19(15-29)14-21(25(26,27)28)32(22)12-11-30(24)4/h5-6,13-14,16H,7-12H2,1-4H3. The van der Waals surface area contributed by atoms with E-state index in [2.05, 4.69) is 0 Å². The second-order valence-corrected chi connectivity index (χ2v) is 9.45. The van der Waals surface area contributed by atoms with Gasteiger partial charge in [0.15, 0.2) is 0 Å². The number of likely N-dealkylation sites (N-methyl/N-ethyl adjacent to an activating group) is 1. The molecule has 0 N–H and O–H groups in total. The van der Waals surface area contributed by atoms with Crippen molar-refractivity contribution in [1.29, 1.82) is 5.26 Å². The average Bonchev–Trinajstić information content (AvgIpc) is 3.18. The van der Waals surface area contributed by atoms with Gasteiger partial charge in [0.05, 0.1) is 22.9 Å². The van der Waals surface area contributed by atoms with Crippen LogP contribution in [0.15, 0.2) is 24.3 Å². The summed E-state index contributed by atoms with van der Waals surface area (Å²) >= 11 is 0. The van der Waals surface area contributed by atoms with Gasteiger partial charge in [-0.2, -0.15) is 18.4 Å². The molecule has 0 radical (unpaired) electrons. The van der Waals surface area contributed by atoms with Crippen molar-refractivity contribution in [2.45, 2.75) is 58.0 Å². The molecule has 0 unspecified atom stereocenters. The van der Waals surface area contributed by atoms with Gasteiger partial charge in [-0.3, -0.25) is 9.69 Å². The molecule has 3 heterocycles. The van der Waals surface area contributed by atoms with E-state index in [4.69, 9.17) is 4.74 Å². The van der Waals surface area contributed by atoms with Crippen LogP contribution in [0, 0.1) is 18.3 Å². The lowest BCUT2D eigenvalue weighted by molar-refractivity contribution is -0.144. The van der Waals surface area contributed by atoms with Crippen LogP contribution < -0.4 is 4.74 Å². The van der Waals surface area contributed by atoms with Crippen molar-refractivity contribution >= 4 is 5.91 Å².